The molecule has 5 rings (SSSR count). The van der Waals surface area contributed by atoms with Crippen LogP contribution < -0.4 is 21.4 Å². The van der Waals surface area contributed by atoms with E-state index in [1.54, 1.807) is 80.1 Å². The monoisotopic (exact) mass is 1280 g/mol. The van der Waals surface area contributed by atoms with E-state index >= 15 is 0 Å². The fourth-order valence-corrected chi connectivity index (χ4v) is 12.6. The molecular formula is C66H93N9O15S. The first-order chi connectivity index (χ1) is 42.9. The van der Waals surface area contributed by atoms with Crippen molar-refractivity contribution in [3.8, 4) is 0 Å². The fourth-order valence-electron chi connectivity index (χ4n) is 11.8. The molecule has 8 amide bonds. The highest BCUT2D eigenvalue weighted by Gasteiger charge is 2.44. The normalized spacial score (nSPS) is 17.4. The first-order valence-corrected chi connectivity index (χ1v) is 32.4. The van der Waals surface area contributed by atoms with E-state index in [2.05, 4.69) is 26.5 Å². The molecule has 5 N–H and O–H groups in total. The van der Waals surface area contributed by atoms with Gasteiger partial charge in [0.1, 0.15) is 17.0 Å². The van der Waals surface area contributed by atoms with E-state index in [4.69, 9.17) is 14.2 Å². The topological polar surface area (TPSA) is 309 Å². The second kappa shape index (κ2) is 34.1. The molecule has 0 aliphatic carbocycles. The van der Waals surface area contributed by atoms with Gasteiger partial charge in [-0.3, -0.25) is 52.7 Å². The summed E-state index contributed by atoms with van der Waals surface area (Å²) in [7, 11) is 3.40. The zero-order chi connectivity index (χ0) is 67.6. The minimum Gasteiger partial charge on any atom is -0.452 e. The number of carbonyl (C=O) groups is 9. The largest absolute Gasteiger partial charge is 0.452 e. The number of imide groups is 1. The molecule has 0 bridgehead atoms. The number of methoxy groups -OCH3 is 2. The minimum atomic E-state index is -4.98. The lowest BCUT2D eigenvalue weighted by atomic mass is 9.89. The maximum Gasteiger partial charge on any atom is 0.338 e. The van der Waals surface area contributed by atoms with Crippen LogP contribution in [0.3, 0.4) is 0 Å². The Labute approximate surface area is 535 Å². The number of esters is 1. The molecule has 1 saturated heterocycles. The van der Waals surface area contributed by atoms with E-state index in [0.29, 0.717) is 56.2 Å². The molecule has 10 atom stereocenters. The Morgan fingerprint density at radius 2 is 1.43 bits per heavy atom. The van der Waals surface area contributed by atoms with Crippen molar-refractivity contribution >= 4 is 74.7 Å². The summed E-state index contributed by atoms with van der Waals surface area (Å²) in [4.78, 5) is 126. The van der Waals surface area contributed by atoms with Gasteiger partial charge < -0.3 is 40.0 Å². The molecule has 0 saturated carbocycles. The van der Waals surface area contributed by atoms with Gasteiger partial charge in [0.15, 0.2) is 0 Å². The smallest absolute Gasteiger partial charge is 0.338 e. The highest BCUT2D eigenvalue weighted by atomic mass is 32.2. The van der Waals surface area contributed by atoms with E-state index in [-0.39, 0.29) is 71.8 Å². The molecule has 2 aliphatic heterocycles. The van der Waals surface area contributed by atoms with Crippen LogP contribution in [-0.2, 0) is 57.9 Å². The number of nitrogens with one attached hydrogen (secondary N) is 4. The molecule has 498 valence electrons. The lowest BCUT2D eigenvalue weighted by molar-refractivity contribution is -0.148. The van der Waals surface area contributed by atoms with Crippen LogP contribution in [-0.4, -0.2) is 182 Å². The quantitative estimate of drug-likeness (QED) is 0.0108. The third-order valence-corrected chi connectivity index (χ3v) is 17.9. The van der Waals surface area contributed by atoms with Gasteiger partial charge in [0, 0.05) is 58.6 Å². The molecule has 0 radical (unpaired) electrons. The van der Waals surface area contributed by atoms with Crippen molar-refractivity contribution in [1.29, 1.82) is 0 Å². The van der Waals surface area contributed by atoms with Crippen molar-refractivity contribution in [2.75, 3.05) is 53.8 Å². The molecular weight excluding hydrogens is 1190 g/mol. The predicted molar refractivity (Wildman–Crippen MR) is 343 cm³/mol. The molecule has 25 heteroatoms. The second-order valence-corrected chi connectivity index (χ2v) is 25.8. The van der Waals surface area contributed by atoms with E-state index in [9.17, 15) is 56.1 Å². The van der Waals surface area contributed by atoms with Crippen molar-refractivity contribution in [2.24, 2.45) is 28.8 Å². The first kappa shape index (κ1) is 74.0. The van der Waals surface area contributed by atoms with Gasteiger partial charge in [-0.05, 0) is 113 Å². The van der Waals surface area contributed by atoms with Gasteiger partial charge in [-0.15, -0.1) is 0 Å². The maximum atomic E-state index is 14.6. The van der Waals surface area contributed by atoms with Crippen molar-refractivity contribution < 1.29 is 70.3 Å². The molecule has 3 aromatic rings. The molecule has 3 aromatic carbocycles. The standard InChI is InChI=1S/C66H93N9O15S/c1-15-41(6)59(73(12)65(83)57(39(2)3)69-64(82)58(40(4)5)72(10)11)51(88-13)38-56(79)74-36-22-25-50(74)60(89-14)42(7)62(80)67-44(9)61(46-23-18-16-19-24-46)90-66(84)47-29-27-45(28-30-47)43(8)70-71-63(81)49-32-31-48(37-52(49)91(85,86)87)68-53(76)26-20-17-21-35-75-54(77)33-34-55(75)78/h16,18-19,23-24,27-34,37,39-42,44,50-51,57-61H,15,17,20-22,25-26,35-36,38H2,1-14H3,(H,67,80)(H,68,76)(H,69,82)(H,71,81)(H,85,86,87)/b70-43-/t41-,42+,44+,50-,51+,57-,58-,59-,60+,61+/m0/s1. The van der Waals surface area contributed by atoms with Crippen molar-refractivity contribution in [3.63, 3.8) is 0 Å². The molecule has 0 spiro atoms. The molecule has 0 aromatic heterocycles. The third kappa shape index (κ3) is 19.9. The second-order valence-electron chi connectivity index (χ2n) is 24.4. The number of anilines is 1. The number of hydrogen-bond acceptors (Lipinski definition) is 16. The van der Waals surface area contributed by atoms with Crippen LogP contribution in [0.15, 0.2) is 94.9 Å². The zero-order valence-electron chi connectivity index (χ0n) is 54.9. The molecule has 1 fully saturated rings. The third-order valence-electron chi connectivity index (χ3n) is 17.0. The van der Waals surface area contributed by atoms with Gasteiger partial charge >= 0.3 is 5.97 Å². The lowest BCUT2D eigenvalue weighted by Gasteiger charge is -2.41. The van der Waals surface area contributed by atoms with Gasteiger partial charge in [0.05, 0.1) is 65.6 Å². The van der Waals surface area contributed by atoms with Gasteiger partial charge in [-0.25, -0.2) is 10.2 Å². The number of hydrazone groups is 1. The van der Waals surface area contributed by atoms with E-state index < -0.39 is 111 Å². The Hall–Kier alpha value is -7.71. The van der Waals surface area contributed by atoms with Crippen LogP contribution >= 0.6 is 0 Å². The average Bonchev–Trinajstić information content (AvgIpc) is 2.53. The molecule has 91 heavy (non-hydrogen) atoms. The van der Waals surface area contributed by atoms with E-state index in [0.717, 1.165) is 17.0 Å². The first-order valence-electron chi connectivity index (χ1n) is 31.0. The fraction of sp³-hybridized carbons (Fsp3) is 0.545. The summed E-state index contributed by atoms with van der Waals surface area (Å²) in [5.41, 5.74) is 3.26. The van der Waals surface area contributed by atoms with Crippen LogP contribution in [0.25, 0.3) is 0 Å². The number of hydrogen-bond donors (Lipinski definition) is 5. The number of rotatable bonds is 33. The minimum absolute atomic E-state index is 0.00283. The van der Waals surface area contributed by atoms with Crippen LogP contribution in [0.5, 0.6) is 0 Å². The van der Waals surface area contributed by atoms with E-state index in [1.807, 2.05) is 60.5 Å². The maximum absolute atomic E-state index is 14.6. The Morgan fingerprint density at radius 3 is 2.00 bits per heavy atom. The molecule has 0 unspecified atom stereocenters. The van der Waals surface area contributed by atoms with Crippen LogP contribution in [0, 0.1) is 23.7 Å². The van der Waals surface area contributed by atoms with E-state index in [1.165, 1.54) is 44.6 Å². The average molecular weight is 1280 g/mol. The number of likely N-dealkylation sites (tertiary alicyclic amines) is 1. The van der Waals surface area contributed by atoms with Gasteiger partial charge in [0.2, 0.25) is 29.5 Å². The van der Waals surface area contributed by atoms with Crippen LogP contribution in [0.1, 0.15) is 152 Å². The summed E-state index contributed by atoms with van der Waals surface area (Å²) >= 11 is 0. The number of amides is 8. The summed E-state index contributed by atoms with van der Waals surface area (Å²) in [5, 5.41) is 12.7. The molecule has 2 heterocycles. The lowest BCUT2D eigenvalue weighted by Crippen LogP contribution is -2.59. The number of benzene rings is 3. The Balaban J connectivity index is 1.22. The highest BCUT2D eigenvalue weighted by Crippen LogP contribution is 2.31. The Morgan fingerprint density at radius 1 is 0.791 bits per heavy atom. The summed E-state index contributed by atoms with van der Waals surface area (Å²) < 4.78 is 53.3. The van der Waals surface area contributed by atoms with Crippen molar-refractivity contribution in [3.05, 3.63) is 107 Å². The summed E-state index contributed by atoms with van der Waals surface area (Å²) in [6.45, 7) is 17.3. The van der Waals surface area contributed by atoms with Gasteiger partial charge in [-0.1, -0.05) is 104 Å². The van der Waals surface area contributed by atoms with Gasteiger partial charge in [-0.2, -0.15) is 13.5 Å². The van der Waals surface area contributed by atoms with Gasteiger partial charge in [0.25, 0.3) is 27.8 Å². The Kier molecular flexibility index (Phi) is 27.7. The zero-order valence-corrected chi connectivity index (χ0v) is 55.7. The molecule has 24 nitrogen and oxygen atoms in total. The summed E-state index contributed by atoms with van der Waals surface area (Å²) in [6, 6.07) is 15.2. The Bertz CT molecular complexity index is 3200. The van der Waals surface area contributed by atoms with Crippen LogP contribution in [0.2, 0.25) is 0 Å². The van der Waals surface area contributed by atoms with Crippen molar-refractivity contribution in [2.45, 2.75) is 167 Å². The highest BCUT2D eigenvalue weighted by molar-refractivity contribution is 7.86. The summed E-state index contributed by atoms with van der Waals surface area (Å²) in [6.07, 6.45) is 3.20. The van der Waals surface area contributed by atoms with Crippen molar-refractivity contribution in [1.82, 2.24) is 35.7 Å². The number of nitrogens with zero attached hydrogens (tertiary/aromatic N) is 5. The molecule has 2 aliphatic rings. The van der Waals surface area contributed by atoms with Crippen LogP contribution in [0.4, 0.5) is 5.69 Å². The SMILES string of the molecule is CC[C@H](C)[C@@H]([C@@H](CC(=O)N1CCC[C@H]1[C@H](OC)[C@@H](C)C(=O)N[C@H](C)[C@@H](OC(=O)c1ccc(/C(C)=N\NC(=O)c2ccc(NC(=O)CCCCCN3C(=O)C=CC3=O)cc2S(=O)(=O)O)cc1)c1ccccc1)OC)N(C)C(=O)[C@@H](NC(=O)[C@H](C(C)C)N(C)C)C(C)C. The number of ether oxygens (including phenoxy) is 3. The number of likely N-dealkylation sites (N-methyl/N-ethyl adjacent to an activating group) is 2. The number of carbonyl (C=O) groups excluding carboxylic acids is 9. The number of unbranched alkanes of at least 4 members (excludes halogenated alkanes) is 2. The predicted octanol–water partition coefficient (Wildman–Crippen LogP) is 6.56. The summed E-state index contributed by atoms with van der Waals surface area (Å²) in [5.74, 6) is -5.28.